The molecule has 3 fully saturated rings. The van der Waals surface area contributed by atoms with E-state index in [2.05, 4.69) is 53.7 Å². The van der Waals surface area contributed by atoms with E-state index in [0.29, 0.717) is 28.8 Å². The Morgan fingerprint density at radius 3 is 2.44 bits per heavy atom. The zero-order valence-electron chi connectivity index (χ0n) is 17.4. The van der Waals surface area contributed by atoms with E-state index in [0.717, 1.165) is 30.1 Å². The van der Waals surface area contributed by atoms with Crippen LogP contribution in [0.15, 0.2) is 23.3 Å². The van der Waals surface area contributed by atoms with Gasteiger partial charge in [0.1, 0.15) is 0 Å². The van der Waals surface area contributed by atoms with Gasteiger partial charge in [-0.15, -0.1) is 0 Å². The first-order valence-corrected chi connectivity index (χ1v) is 10.7. The van der Waals surface area contributed by atoms with Crippen molar-refractivity contribution in [2.75, 3.05) is 7.11 Å². The first-order valence-electron chi connectivity index (χ1n) is 10.7. The van der Waals surface area contributed by atoms with Crippen LogP contribution in [-0.2, 0) is 4.74 Å². The van der Waals surface area contributed by atoms with E-state index in [9.17, 15) is 0 Å². The first kappa shape index (κ1) is 17.8. The summed E-state index contributed by atoms with van der Waals surface area (Å²) in [6.07, 6.45) is 10.8. The highest BCUT2D eigenvalue weighted by molar-refractivity contribution is 5.40. The van der Waals surface area contributed by atoms with Crippen LogP contribution in [0.3, 0.4) is 0 Å². The molecule has 0 aromatic rings. The number of fused-ring (bicyclic) bond motifs is 5. The molecule has 4 aliphatic carbocycles. The standard InChI is InChI=1S/C24H38O/c1-14-13-23(5)15(2)8-11-20(23)19-10-9-18-12-21(25-7)16(3)17(4)24(18,6)22(14)19/h9-10,14-17,20-22H,8,11-13H2,1-7H3. The van der Waals surface area contributed by atoms with E-state index in [1.807, 2.05) is 12.7 Å². The van der Waals surface area contributed by atoms with Crippen molar-refractivity contribution in [3.63, 3.8) is 0 Å². The summed E-state index contributed by atoms with van der Waals surface area (Å²) in [4.78, 5) is 0. The fourth-order valence-electron chi connectivity index (χ4n) is 7.83. The van der Waals surface area contributed by atoms with Crippen molar-refractivity contribution in [1.29, 1.82) is 0 Å². The van der Waals surface area contributed by atoms with E-state index >= 15 is 0 Å². The van der Waals surface area contributed by atoms with Gasteiger partial charge in [0, 0.05) is 7.11 Å². The largest absolute Gasteiger partial charge is 0.381 e. The second-order valence-electron chi connectivity index (χ2n) is 10.5. The van der Waals surface area contributed by atoms with Crippen LogP contribution in [0.25, 0.3) is 0 Å². The molecule has 0 saturated heterocycles. The molecular weight excluding hydrogens is 304 g/mol. The number of hydrogen-bond donors (Lipinski definition) is 0. The van der Waals surface area contributed by atoms with Crippen LogP contribution in [0.4, 0.5) is 0 Å². The zero-order chi connectivity index (χ0) is 18.1. The second-order valence-corrected chi connectivity index (χ2v) is 10.5. The maximum absolute atomic E-state index is 5.87. The van der Waals surface area contributed by atoms with Gasteiger partial charge in [-0.05, 0) is 72.0 Å². The monoisotopic (exact) mass is 342 g/mol. The molecule has 0 bridgehead atoms. The summed E-state index contributed by atoms with van der Waals surface area (Å²) in [5.41, 5.74) is 4.33. The van der Waals surface area contributed by atoms with Gasteiger partial charge in [0.15, 0.2) is 0 Å². The van der Waals surface area contributed by atoms with Gasteiger partial charge < -0.3 is 4.74 Å². The number of methoxy groups -OCH3 is 1. The molecule has 1 nitrogen and oxygen atoms in total. The number of ether oxygens (including phenoxy) is 1. The topological polar surface area (TPSA) is 9.23 Å². The predicted octanol–water partition coefficient (Wildman–Crippen LogP) is 6.26. The summed E-state index contributed by atoms with van der Waals surface area (Å²) in [7, 11) is 1.90. The minimum Gasteiger partial charge on any atom is -0.381 e. The van der Waals surface area contributed by atoms with Crippen LogP contribution in [-0.4, -0.2) is 13.2 Å². The van der Waals surface area contributed by atoms with Crippen LogP contribution in [0.2, 0.25) is 0 Å². The van der Waals surface area contributed by atoms with Crippen molar-refractivity contribution in [3.8, 4) is 0 Å². The Balaban J connectivity index is 1.80. The predicted molar refractivity (Wildman–Crippen MR) is 105 cm³/mol. The summed E-state index contributed by atoms with van der Waals surface area (Å²) >= 11 is 0. The molecule has 3 saturated carbocycles. The Bertz CT molecular complexity index is 616. The molecule has 140 valence electrons. The lowest BCUT2D eigenvalue weighted by molar-refractivity contribution is -0.0582. The molecule has 0 heterocycles. The molecule has 9 unspecified atom stereocenters. The first-order chi connectivity index (χ1) is 11.7. The molecule has 0 spiro atoms. The van der Waals surface area contributed by atoms with Crippen LogP contribution in [0.5, 0.6) is 0 Å². The molecule has 0 N–H and O–H groups in total. The van der Waals surface area contributed by atoms with E-state index < -0.39 is 0 Å². The van der Waals surface area contributed by atoms with E-state index in [1.54, 1.807) is 5.57 Å². The lowest BCUT2D eigenvalue weighted by atomic mass is 9.44. The fraction of sp³-hybridized carbons (Fsp3) is 0.833. The van der Waals surface area contributed by atoms with Gasteiger partial charge in [0.25, 0.3) is 0 Å². The van der Waals surface area contributed by atoms with E-state index in [1.165, 1.54) is 19.3 Å². The summed E-state index contributed by atoms with van der Waals surface area (Å²) in [5.74, 6) is 4.54. The van der Waals surface area contributed by atoms with Crippen molar-refractivity contribution in [2.45, 2.75) is 73.3 Å². The molecule has 0 amide bonds. The van der Waals surface area contributed by atoms with Crippen LogP contribution in [0, 0.1) is 46.3 Å². The van der Waals surface area contributed by atoms with Crippen LogP contribution in [0.1, 0.15) is 67.2 Å². The molecule has 0 aliphatic heterocycles. The molecule has 0 radical (unpaired) electrons. The summed E-state index contributed by atoms with van der Waals surface area (Å²) in [6.45, 7) is 15.2. The quantitative estimate of drug-likeness (QED) is 0.546. The number of rotatable bonds is 1. The highest BCUT2D eigenvalue weighted by Gasteiger charge is 2.60. The van der Waals surface area contributed by atoms with E-state index in [-0.39, 0.29) is 0 Å². The van der Waals surface area contributed by atoms with Crippen molar-refractivity contribution < 1.29 is 4.74 Å². The fourth-order valence-corrected chi connectivity index (χ4v) is 7.83. The molecule has 25 heavy (non-hydrogen) atoms. The third kappa shape index (κ3) is 2.17. The Morgan fingerprint density at radius 1 is 1.04 bits per heavy atom. The van der Waals surface area contributed by atoms with Crippen LogP contribution < -0.4 is 0 Å². The third-order valence-corrected chi connectivity index (χ3v) is 9.76. The molecule has 0 aromatic heterocycles. The molecule has 0 aromatic carbocycles. The Labute approximate surface area is 155 Å². The third-order valence-electron chi connectivity index (χ3n) is 9.76. The van der Waals surface area contributed by atoms with Gasteiger partial charge in [-0.3, -0.25) is 0 Å². The minimum atomic E-state index is 0.325. The van der Waals surface area contributed by atoms with Gasteiger partial charge in [-0.25, -0.2) is 0 Å². The van der Waals surface area contributed by atoms with Gasteiger partial charge in [0.05, 0.1) is 6.10 Å². The minimum absolute atomic E-state index is 0.325. The summed E-state index contributed by atoms with van der Waals surface area (Å²) < 4.78 is 5.87. The normalized spacial score (nSPS) is 54.9. The average molecular weight is 343 g/mol. The average Bonchev–Trinajstić information content (AvgIpc) is 2.86. The van der Waals surface area contributed by atoms with Crippen molar-refractivity contribution in [2.24, 2.45) is 46.3 Å². The molecular formula is C24H38O. The van der Waals surface area contributed by atoms with Gasteiger partial charge in [-0.1, -0.05) is 64.8 Å². The molecule has 1 heteroatoms. The second kappa shape index (κ2) is 5.72. The molecule has 4 aliphatic rings. The summed E-state index contributed by atoms with van der Waals surface area (Å²) in [5, 5.41) is 0. The van der Waals surface area contributed by atoms with Crippen molar-refractivity contribution >= 4 is 0 Å². The van der Waals surface area contributed by atoms with Crippen LogP contribution >= 0.6 is 0 Å². The number of hydrogen-bond acceptors (Lipinski definition) is 1. The maximum Gasteiger partial charge on any atom is 0.0637 e. The zero-order valence-corrected chi connectivity index (χ0v) is 17.4. The Hall–Kier alpha value is -0.560. The van der Waals surface area contributed by atoms with Crippen molar-refractivity contribution in [1.82, 2.24) is 0 Å². The van der Waals surface area contributed by atoms with Gasteiger partial charge in [-0.2, -0.15) is 0 Å². The highest BCUT2D eigenvalue weighted by atomic mass is 16.5. The van der Waals surface area contributed by atoms with E-state index in [4.69, 9.17) is 4.74 Å². The summed E-state index contributed by atoms with van der Waals surface area (Å²) in [6, 6.07) is 0. The van der Waals surface area contributed by atoms with Crippen molar-refractivity contribution in [3.05, 3.63) is 23.3 Å². The molecule has 9 atom stereocenters. The molecule has 4 rings (SSSR count). The smallest absolute Gasteiger partial charge is 0.0637 e. The SMILES string of the molecule is COC1CC2=CC=C3C4CCC(C)C4(C)CC(C)C3C2(C)C(C)C1C. The lowest BCUT2D eigenvalue weighted by Gasteiger charge is -2.60. The van der Waals surface area contributed by atoms with Gasteiger partial charge in [0.2, 0.25) is 0 Å². The Kier molecular flexibility index (Phi) is 4.08. The van der Waals surface area contributed by atoms with Gasteiger partial charge >= 0.3 is 0 Å². The number of allylic oxidation sites excluding steroid dienone is 3. The Morgan fingerprint density at radius 2 is 1.76 bits per heavy atom. The highest BCUT2D eigenvalue weighted by Crippen LogP contribution is 2.67. The lowest BCUT2D eigenvalue weighted by Crippen LogP contribution is -2.54. The maximum atomic E-state index is 5.87.